The zero-order chi connectivity index (χ0) is 15.7. The summed E-state index contributed by atoms with van der Waals surface area (Å²) in [6, 6.07) is 5.70. The van der Waals surface area contributed by atoms with Crippen LogP contribution in [0.25, 0.3) is 0 Å². The second-order valence-electron chi connectivity index (χ2n) is 4.13. The highest BCUT2D eigenvalue weighted by molar-refractivity contribution is 7.99. The number of hydrogen-bond donors (Lipinski definition) is 1. The van der Waals surface area contributed by atoms with E-state index in [9.17, 15) is 14.9 Å². The van der Waals surface area contributed by atoms with Crippen LogP contribution in [0.4, 0.5) is 5.69 Å². The molecule has 5 nitrogen and oxygen atoms in total. The maximum atomic E-state index is 12.4. The van der Waals surface area contributed by atoms with E-state index >= 15 is 0 Å². The smallest absolute Gasteiger partial charge is 0.270 e. The molecule has 0 radical (unpaired) electrons. The van der Waals surface area contributed by atoms with Crippen molar-refractivity contribution in [2.75, 3.05) is 18.1 Å². The van der Waals surface area contributed by atoms with Gasteiger partial charge >= 0.3 is 0 Å². The first-order valence-corrected chi connectivity index (χ1v) is 7.55. The number of benzene rings is 1. The van der Waals surface area contributed by atoms with Gasteiger partial charge in [0.1, 0.15) is 0 Å². The van der Waals surface area contributed by atoms with Crippen molar-refractivity contribution in [3.63, 3.8) is 0 Å². The first-order valence-electron chi connectivity index (χ1n) is 6.39. The van der Waals surface area contributed by atoms with Gasteiger partial charge in [-0.25, -0.2) is 0 Å². The number of rotatable bonds is 8. The van der Waals surface area contributed by atoms with E-state index in [2.05, 4.69) is 0 Å². The Kier molecular flexibility index (Phi) is 7.42. The molecule has 0 aliphatic carbocycles. The van der Waals surface area contributed by atoms with E-state index in [1.54, 1.807) is 24.3 Å². The van der Waals surface area contributed by atoms with Crippen molar-refractivity contribution in [2.45, 2.75) is 6.92 Å². The zero-order valence-corrected chi connectivity index (χ0v) is 12.5. The van der Waals surface area contributed by atoms with Gasteiger partial charge in [-0.3, -0.25) is 14.9 Å². The van der Waals surface area contributed by atoms with Crippen LogP contribution >= 0.6 is 11.8 Å². The van der Waals surface area contributed by atoms with Crippen LogP contribution in [0.1, 0.15) is 17.3 Å². The van der Waals surface area contributed by atoms with Crippen molar-refractivity contribution < 1.29 is 14.8 Å². The topological polar surface area (TPSA) is 80.4 Å². The Morgan fingerprint density at radius 2 is 2.24 bits per heavy atom. The highest BCUT2D eigenvalue weighted by Gasteiger charge is 2.15. The first kappa shape index (κ1) is 17.1. The standard InChI is InChI=1S/C15H17NO4S/c1-2-3-5-13(11-21-9-8-17)15(18)12-6-4-7-14(10-12)16(19)20/h2-7,10,17H,8-9,11H2,1H3/b3-2+,13-5-. The van der Waals surface area contributed by atoms with Crippen LogP contribution in [0.5, 0.6) is 0 Å². The normalized spacial score (nSPS) is 11.8. The molecule has 0 aromatic heterocycles. The van der Waals surface area contributed by atoms with E-state index in [0.717, 1.165) is 0 Å². The highest BCUT2D eigenvalue weighted by Crippen LogP contribution is 2.18. The van der Waals surface area contributed by atoms with E-state index in [4.69, 9.17) is 5.11 Å². The predicted octanol–water partition coefficient (Wildman–Crippen LogP) is 3.01. The van der Waals surface area contributed by atoms with Crippen LogP contribution in [0, 0.1) is 10.1 Å². The second-order valence-corrected chi connectivity index (χ2v) is 5.24. The van der Waals surface area contributed by atoms with Crippen molar-refractivity contribution >= 4 is 23.2 Å². The number of aliphatic hydroxyl groups is 1. The Morgan fingerprint density at radius 1 is 1.48 bits per heavy atom. The van der Waals surface area contributed by atoms with Gasteiger partial charge in [0.2, 0.25) is 0 Å². The minimum atomic E-state index is -0.521. The molecule has 1 aromatic carbocycles. The number of non-ortho nitro benzene ring substituents is 1. The summed E-state index contributed by atoms with van der Waals surface area (Å²) in [5.74, 6) is 0.754. The van der Waals surface area contributed by atoms with Gasteiger partial charge < -0.3 is 5.11 Å². The lowest BCUT2D eigenvalue weighted by Crippen LogP contribution is -2.07. The van der Waals surface area contributed by atoms with E-state index < -0.39 is 4.92 Å². The summed E-state index contributed by atoms with van der Waals surface area (Å²) in [5, 5.41) is 19.6. The molecule has 0 unspecified atom stereocenters. The van der Waals surface area contributed by atoms with Crippen LogP contribution in [-0.2, 0) is 0 Å². The lowest BCUT2D eigenvalue weighted by atomic mass is 10.0. The van der Waals surface area contributed by atoms with Crippen molar-refractivity contribution in [2.24, 2.45) is 0 Å². The fourth-order valence-corrected chi connectivity index (χ4v) is 2.32. The average Bonchev–Trinajstić information content (AvgIpc) is 2.50. The minimum Gasteiger partial charge on any atom is -0.396 e. The zero-order valence-electron chi connectivity index (χ0n) is 11.7. The number of allylic oxidation sites excluding steroid dienone is 3. The first-order chi connectivity index (χ1) is 10.1. The molecular formula is C15H17NO4S. The lowest BCUT2D eigenvalue weighted by molar-refractivity contribution is -0.384. The Morgan fingerprint density at radius 3 is 2.86 bits per heavy atom. The summed E-state index contributed by atoms with van der Waals surface area (Å²) in [7, 11) is 0. The number of thioether (sulfide) groups is 1. The summed E-state index contributed by atoms with van der Waals surface area (Å²) in [4.78, 5) is 22.7. The number of hydrogen-bond acceptors (Lipinski definition) is 5. The van der Waals surface area contributed by atoms with Crippen molar-refractivity contribution in [1.29, 1.82) is 0 Å². The third-order valence-electron chi connectivity index (χ3n) is 2.59. The van der Waals surface area contributed by atoms with Crippen LogP contribution in [0.15, 0.2) is 48.1 Å². The fraction of sp³-hybridized carbons (Fsp3) is 0.267. The Hall–Kier alpha value is -1.92. The van der Waals surface area contributed by atoms with Gasteiger partial charge in [-0.05, 0) is 6.92 Å². The molecule has 1 aromatic rings. The molecule has 0 amide bonds. The van der Waals surface area contributed by atoms with Gasteiger partial charge in [-0.2, -0.15) is 11.8 Å². The number of nitro benzene ring substituents is 1. The number of carbonyl (C=O) groups is 1. The summed E-state index contributed by atoms with van der Waals surface area (Å²) < 4.78 is 0. The summed E-state index contributed by atoms with van der Waals surface area (Å²) in [6.45, 7) is 1.89. The number of nitrogens with zero attached hydrogens (tertiary/aromatic N) is 1. The predicted molar refractivity (Wildman–Crippen MR) is 84.7 cm³/mol. The summed E-state index contributed by atoms with van der Waals surface area (Å²) in [5.41, 5.74) is 0.742. The molecule has 0 saturated heterocycles. The quantitative estimate of drug-likeness (QED) is 0.199. The van der Waals surface area contributed by atoms with Gasteiger partial charge in [-0.1, -0.05) is 30.4 Å². The van der Waals surface area contributed by atoms with Crippen LogP contribution in [-0.4, -0.2) is 33.9 Å². The average molecular weight is 307 g/mol. The molecule has 0 fully saturated rings. The van der Waals surface area contributed by atoms with E-state index in [1.807, 2.05) is 6.92 Å². The fourth-order valence-electron chi connectivity index (χ4n) is 1.59. The number of carbonyl (C=O) groups excluding carboxylic acids is 1. The molecule has 1 rings (SSSR count). The largest absolute Gasteiger partial charge is 0.396 e. The summed E-state index contributed by atoms with van der Waals surface area (Å²) >= 11 is 1.44. The molecule has 0 heterocycles. The number of aliphatic hydroxyl groups excluding tert-OH is 1. The summed E-state index contributed by atoms with van der Waals surface area (Å²) in [6.07, 6.45) is 5.26. The monoisotopic (exact) mass is 307 g/mol. The van der Waals surface area contributed by atoms with E-state index in [1.165, 1.54) is 30.0 Å². The van der Waals surface area contributed by atoms with E-state index in [0.29, 0.717) is 22.6 Å². The molecule has 6 heteroatoms. The van der Waals surface area contributed by atoms with Crippen LogP contribution in [0.2, 0.25) is 0 Å². The Balaban J connectivity index is 2.99. The Labute approximate surface area is 127 Å². The van der Waals surface area contributed by atoms with E-state index in [-0.39, 0.29) is 18.1 Å². The molecule has 0 spiro atoms. The van der Waals surface area contributed by atoms with Gasteiger partial charge in [0.05, 0.1) is 11.5 Å². The molecule has 0 saturated carbocycles. The molecule has 0 atom stereocenters. The second kappa shape index (κ2) is 9.10. The highest BCUT2D eigenvalue weighted by atomic mass is 32.2. The third-order valence-corrected chi connectivity index (χ3v) is 3.58. The molecule has 21 heavy (non-hydrogen) atoms. The number of ketones is 1. The van der Waals surface area contributed by atoms with Gasteiger partial charge in [0.25, 0.3) is 5.69 Å². The van der Waals surface area contributed by atoms with Crippen molar-refractivity contribution in [3.05, 3.63) is 63.7 Å². The third kappa shape index (κ3) is 5.53. The minimum absolute atomic E-state index is 0.0482. The molecular weight excluding hydrogens is 290 g/mol. The maximum absolute atomic E-state index is 12.4. The molecule has 0 bridgehead atoms. The van der Waals surface area contributed by atoms with Crippen molar-refractivity contribution in [1.82, 2.24) is 0 Å². The van der Waals surface area contributed by atoms with Gasteiger partial charge in [0.15, 0.2) is 5.78 Å². The number of nitro groups is 1. The SMILES string of the molecule is C/C=C/C=C(/CSCCO)C(=O)c1cccc([N+](=O)[O-])c1. The van der Waals surface area contributed by atoms with Crippen LogP contribution < -0.4 is 0 Å². The molecule has 112 valence electrons. The lowest BCUT2D eigenvalue weighted by Gasteiger charge is -2.06. The Bertz CT molecular complexity index is 567. The molecule has 1 N–H and O–H groups in total. The van der Waals surface area contributed by atoms with Gasteiger partial charge in [-0.15, -0.1) is 0 Å². The van der Waals surface area contributed by atoms with Crippen LogP contribution in [0.3, 0.4) is 0 Å². The van der Waals surface area contributed by atoms with Gasteiger partial charge in [0, 0.05) is 34.8 Å². The van der Waals surface area contributed by atoms with Crippen molar-refractivity contribution in [3.8, 4) is 0 Å². The molecule has 0 aliphatic heterocycles. The number of Topliss-reactive ketones (excluding diaryl/α,β-unsaturated/α-hetero) is 1. The maximum Gasteiger partial charge on any atom is 0.270 e. The molecule has 0 aliphatic rings.